The van der Waals surface area contributed by atoms with Gasteiger partial charge in [-0.3, -0.25) is 0 Å². The van der Waals surface area contributed by atoms with Crippen LogP contribution in [0.25, 0.3) is 0 Å². The maximum atomic E-state index is 4.34. The van der Waals surface area contributed by atoms with E-state index in [0.717, 1.165) is 27.6 Å². The van der Waals surface area contributed by atoms with Gasteiger partial charge in [0.1, 0.15) is 17.5 Å². The first-order valence-electron chi connectivity index (χ1n) is 5.24. The average Bonchev–Trinajstić information content (AvgIpc) is 2.31. The molecule has 2 rings (SSSR count). The molecular weight excluding hydrogens is 280 g/mol. The third-order valence-electron chi connectivity index (χ3n) is 2.23. The fraction of sp³-hybridized carbons (Fsp3) is 0.167. The maximum absolute atomic E-state index is 4.34. The molecule has 4 nitrogen and oxygen atoms in total. The summed E-state index contributed by atoms with van der Waals surface area (Å²) in [6, 6.07) is 9.78. The van der Waals surface area contributed by atoms with Crippen LogP contribution in [0.5, 0.6) is 0 Å². The van der Waals surface area contributed by atoms with Crippen molar-refractivity contribution in [3.63, 3.8) is 0 Å². The number of aromatic nitrogens is 2. The smallest absolute Gasteiger partial charge is 0.136 e. The lowest BCUT2D eigenvalue weighted by Crippen LogP contribution is -2.01. The molecule has 2 N–H and O–H groups in total. The minimum Gasteiger partial charge on any atom is -0.373 e. The lowest BCUT2D eigenvalue weighted by atomic mass is 10.3. The van der Waals surface area contributed by atoms with Crippen molar-refractivity contribution in [1.29, 1.82) is 0 Å². The van der Waals surface area contributed by atoms with E-state index >= 15 is 0 Å². The number of anilines is 3. The summed E-state index contributed by atoms with van der Waals surface area (Å²) in [5, 5.41) is 6.26. The summed E-state index contributed by atoms with van der Waals surface area (Å²) >= 11 is 3.49. The van der Waals surface area contributed by atoms with Gasteiger partial charge in [-0.05, 0) is 35.0 Å². The van der Waals surface area contributed by atoms with E-state index in [0.29, 0.717) is 0 Å². The maximum Gasteiger partial charge on any atom is 0.136 e. The zero-order valence-electron chi connectivity index (χ0n) is 9.66. The molecule has 0 aliphatic rings. The largest absolute Gasteiger partial charge is 0.373 e. The highest BCUT2D eigenvalue weighted by atomic mass is 79.9. The van der Waals surface area contributed by atoms with Crippen molar-refractivity contribution in [1.82, 2.24) is 9.97 Å². The molecule has 88 valence electrons. The van der Waals surface area contributed by atoms with Gasteiger partial charge in [0.15, 0.2) is 0 Å². The van der Waals surface area contributed by atoms with Gasteiger partial charge >= 0.3 is 0 Å². The third-order valence-corrected chi connectivity index (χ3v) is 2.92. The van der Waals surface area contributed by atoms with Crippen LogP contribution >= 0.6 is 15.9 Å². The summed E-state index contributed by atoms with van der Waals surface area (Å²) < 4.78 is 1.00. The Morgan fingerprint density at radius 1 is 1.12 bits per heavy atom. The van der Waals surface area contributed by atoms with Crippen LogP contribution in [0.1, 0.15) is 5.82 Å². The number of nitrogens with zero attached hydrogens (tertiary/aromatic N) is 2. The fourth-order valence-corrected chi connectivity index (χ4v) is 1.84. The van der Waals surface area contributed by atoms with Crippen LogP contribution in [0.3, 0.4) is 0 Å². The quantitative estimate of drug-likeness (QED) is 0.911. The van der Waals surface area contributed by atoms with Crippen LogP contribution in [-0.4, -0.2) is 17.0 Å². The number of hydrogen-bond donors (Lipinski definition) is 2. The fourth-order valence-electron chi connectivity index (χ4n) is 1.46. The molecule has 0 spiro atoms. The van der Waals surface area contributed by atoms with Crippen LogP contribution in [0.15, 0.2) is 34.8 Å². The summed E-state index contributed by atoms with van der Waals surface area (Å²) in [6.07, 6.45) is 0. The van der Waals surface area contributed by atoms with E-state index in [1.54, 1.807) is 0 Å². The number of hydrogen-bond acceptors (Lipinski definition) is 4. The predicted octanol–water partition coefficient (Wildman–Crippen LogP) is 3.33. The Labute approximate surface area is 109 Å². The number of aryl methyl sites for hydroxylation is 1. The molecule has 0 fully saturated rings. The SMILES string of the molecule is CNc1cc(Nc2ccccc2Br)nc(C)n1. The number of rotatable bonds is 3. The van der Waals surface area contributed by atoms with Crippen molar-refractivity contribution in [2.24, 2.45) is 0 Å². The molecule has 0 aliphatic heterocycles. The molecule has 0 radical (unpaired) electrons. The molecule has 0 bridgehead atoms. The molecular formula is C12H13BrN4. The summed E-state index contributed by atoms with van der Waals surface area (Å²) in [6.45, 7) is 1.87. The second-order valence-corrected chi connectivity index (χ2v) is 4.39. The van der Waals surface area contributed by atoms with E-state index in [2.05, 4.69) is 36.5 Å². The zero-order valence-corrected chi connectivity index (χ0v) is 11.2. The first-order chi connectivity index (χ1) is 8.19. The van der Waals surface area contributed by atoms with Gasteiger partial charge in [0.25, 0.3) is 0 Å². The molecule has 0 saturated carbocycles. The molecule has 1 aromatic carbocycles. The van der Waals surface area contributed by atoms with Crippen molar-refractivity contribution in [3.8, 4) is 0 Å². The monoisotopic (exact) mass is 292 g/mol. The minimum absolute atomic E-state index is 0.728. The summed E-state index contributed by atoms with van der Waals surface area (Å²) in [5.41, 5.74) is 0.979. The Morgan fingerprint density at radius 2 is 1.82 bits per heavy atom. The molecule has 0 amide bonds. The van der Waals surface area contributed by atoms with Gasteiger partial charge in [-0.15, -0.1) is 0 Å². The van der Waals surface area contributed by atoms with E-state index < -0.39 is 0 Å². The predicted molar refractivity (Wildman–Crippen MR) is 73.7 cm³/mol. The second-order valence-electron chi connectivity index (χ2n) is 3.54. The minimum atomic E-state index is 0.728. The van der Waals surface area contributed by atoms with Crippen LogP contribution in [0.4, 0.5) is 17.3 Å². The average molecular weight is 293 g/mol. The summed E-state index contributed by atoms with van der Waals surface area (Å²) in [4.78, 5) is 8.58. The van der Waals surface area contributed by atoms with E-state index in [1.165, 1.54) is 0 Å². The van der Waals surface area contributed by atoms with Crippen LogP contribution in [-0.2, 0) is 0 Å². The highest BCUT2D eigenvalue weighted by molar-refractivity contribution is 9.10. The molecule has 0 unspecified atom stereocenters. The van der Waals surface area contributed by atoms with Gasteiger partial charge in [-0.1, -0.05) is 12.1 Å². The Hall–Kier alpha value is -1.62. The highest BCUT2D eigenvalue weighted by Gasteiger charge is 2.03. The Balaban J connectivity index is 2.30. The van der Waals surface area contributed by atoms with Gasteiger partial charge in [0.05, 0.1) is 5.69 Å². The van der Waals surface area contributed by atoms with E-state index in [-0.39, 0.29) is 0 Å². The van der Waals surface area contributed by atoms with Crippen LogP contribution in [0, 0.1) is 6.92 Å². The molecule has 5 heteroatoms. The van der Waals surface area contributed by atoms with Gasteiger partial charge in [-0.25, -0.2) is 9.97 Å². The Morgan fingerprint density at radius 3 is 2.53 bits per heavy atom. The van der Waals surface area contributed by atoms with Gasteiger partial charge in [0.2, 0.25) is 0 Å². The molecule has 2 aromatic rings. The van der Waals surface area contributed by atoms with Crippen LogP contribution < -0.4 is 10.6 Å². The van der Waals surface area contributed by atoms with Crippen molar-refractivity contribution in [2.75, 3.05) is 17.7 Å². The lowest BCUT2D eigenvalue weighted by molar-refractivity contribution is 1.06. The summed E-state index contributed by atoms with van der Waals surface area (Å²) in [5.74, 6) is 2.30. The van der Waals surface area contributed by atoms with Gasteiger partial charge in [-0.2, -0.15) is 0 Å². The molecule has 0 saturated heterocycles. The molecule has 17 heavy (non-hydrogen) atoms. The number of nitrogens with one attached hydrogen (secondary N) is 2. The van der Waals surface area contributed by atoms with E-state index in [9.17, 15) is 0 Å². The second kappa shape index (κ2) is 5.14. The molecule has 1 heterocycles. The first kappa shape index (κ1) is 11.9. The molecule has 0 aliphatic carbocycles. The topological polar surface area (TPSA) is 49.8 Å². The van der Waals surface area contributed by atoms with Gasteiger partial charge < -0.3 is 10.6 Å². The standard InChI is InChI=1S/C12H13BrN4/c1-8-15-11(14-2)7-12(16-8)17-10-6-4-3-5-9(10)13/h3-7H,1-2H3,(H2,14,15,16,17). The molecule has 1 aromatic heterocycles. The lowest BCUT2D eigenvalue weighted by Gasteiger charge is -2.09. The number of benzene rings is 1. The van der Waals surface area contributed by atoms with Crippen LogP contribution in [0.2, 0.25) is 0 Å². The van der Waals surface area contributed by atoms with Crippen molar-refractivity contribution in [2.45, 2.75) is 6.92 Å². The first-order valence-corrected chi connectivity index (χ1v) is 6.03. The van der Waals surface area contributed by atoms with Gasteiger partial charge in [0, 0.05) is 17.6 Å². The summed E-state index contributed by atoms with van der Waals surface area (Å²) in [7, 11) is 1.84. The highest BCUT2D eigenvalue weighted by Crippen LogP contribution is 2.25. The van der Waals surface area contributed by atoms with Crippen molar-refractivity contribution >= 4 is 33.3 Å². The zero-order chi connectivity index (χ0) is 12.3. The third kappa shape index (κ3) is 2.94. The molecule has 0 atom stereocenters. The van der Waals surface area contributed by atoms with E-state index in [1.807, 2.05) is 44.3 Å². The van der Waals surface area contributed by atoms with Crippen molar-refractivity contribution < 1.29 is 0 Å². The number of halogens is 1. The van der Waals surface area contributed by atoms with E-state index in [4.69, 9.17) is 0 Å². The Bertz CT molecular complexity index is 528. The Kier molecular flexibility index (Phi) is 3.58. The normalized spacial score (nSPS) is 10.1. The number of para-hydroxylation sites is 1. The van der Waals surface area contributed by atoms with Crippen molar-refractivity contribution in [3.05, 3.63) is 40.6 Å².